The van der Waals surface area contributed by atoms with Crippen molar-refractivity contribution in [3.8, 4) is 11.5 Å². The maximum Gasteiger partial charge on any atom is 0.269 e. The molecule has 0 saturated carbocycles. The quantitative estimate of drug-likeness (QED) is 0.619. The van der Waals surface area contributed by atoms with E-state index in [0.29, 0.717) is 11.9 Å². The van der Waals surface area contributed by atoms with E-state index in [2.05, 4.69) is 9.88 Å². The smallest absolute Gasteiger partial charge is 0.269 e. The number of nitro groups is 1. The van der Waals surface area contributed by atoms with E-state index in [1.165, 1.54) is 18.6 Å². The molecule has 2 heterocycles. The van der Waals surface area contributed by atoms with Crippen molar-refractivity contribution < 1.29 is 14.4 Å². The molecule has 1 aromatic heterocycles. The molecule has 1 unspecified atom stereocenters. The first kappa shape index (κ1) is 16.6. The standard InChI is InChI=1S/C17H21N3O4/c21-10-2-4-15-3-1-9-19(15)11-14-12-24-17(18-14)13-5-7-16(8-6-13)20(22)23/h5-8,12,15,21H,1-4,9-11H2. The van der Waals surface area contributed by atoms with Crippen LogP contribution in [0.2, 0.25) is 0 Å². The highest BCUT2D eigenvalue weighted by Crippen LogP contribution is 2.25. The van der Waals surface area contributed by atoms with E-state index < -0.39 is 4.92 Å². The first-order valence-corrected chi connectivity index (χ1v) is 8.21. The van der Waals surface area contributed by atoms with Crippen molar-refractivity contribution >= 4 is 5.69 Å². The van der Waals surface area contributed by atoms with E-state index in [1.807, 2.05) is 0 Å². The molecule has 7 nitrogen and oxygen atoms in total. The van der Waals surface area contributed by atoms with Gasteiger partial charge >= 0.3 is 0 Å². The normalized spacial score (nSPS) is 18.1. The molecular formula is C17H21N3O4. The van der Waals surface area contributed by atoms with Crippen molar-refractivity contribution in [3.05, 3.63) is 46.3 Å². The molecule has 2 aromatic rings. The highest BCUT2D eigenvalue weighted by atomic mass is 16.6. The molecule has 0 radical (unpaired) electrons. The number of hydrogen-bond acceptors (Lipinski definition) is 6. The van der Waals surface area contributed by atoms with Crippen LogP contribution in [0.5, 0.6) is 0 Å². The second kappa shape index (κ2) is 7.55. The van der Waals surface area contributed by atoms with Crippen molar-refractivity contribution in [2.45, 2.75) is 38.3 Å². The first-order valence-electron chi connectivity index (χ1n) is 8.21. The summed E-state index contributed by atoms with van der Waals surface area (Å²) in [5, 5.41) is 19.7. The number of nitrogens with zero attached hydrogens (tertiary/aromatic N) is 3. The molecular weight excluding hydrogens is 310 g/mol. The van der Waals surface area contributed by atoms with E-state index in [9.17, 15) is 10.1 Å². The molecule has 1 atom stereocenters. The van der Waals surface area contributed by atoms with Crippen LogP contribution >= 0.6 is 0 Å². The van der Waals surface area contributed by atoms with Gasteiger partial charge in [0.2, 0.25) is 5.89 Å². The number of non-ortho nitro benzene ring substituents is 1. The monoisotopic (exact) mass is 331 g/mol. The summed E-state index contributed by atoms with van der Waals surface area (Å²) in [5.74, 6) is 0.478. The van der Waals surface area contributed by atoms with Gasteiger partial charge in [0.15, 0.2) is 0 Å². The predicted octanol–water partition coefficient (Wildman–Crippen LogP) is 2.99. The van der Waals surface area contributed by atoms with Gasteiger partial charge in [0.05, 0.1) is 10.6 Å². The lowest BCUT2D eigenvalue weighted by atomic mass is 10.1. The van der Waals surface area contributed by atoms with Crippen LogP contribution < -0.4 is 0 Å². The molecule has 0 spiro atoms. The summed E-state index contributed by atoms with van der Waals surface area (Å²) in [6.07, 6.45) is 5.81. The van der Waals surface area contributed by atoms with Crippen molar-refractivity contribution in [3.63, 3.8) is 0 Å². The van der Waals surface area contributed by atoms with Gasteiger partial charge in [-0.15, -0.1) is 0 Å². The lowest BCUT2D eigenvalue weighted by molar-refractivity contribution is -0.384. The van der Waals surface area contributed by atoms with E-state index in [-0.39, 0.29) is 12.3 Å². The van der Waals surface area contributed by atoms with Gasteiger partial charge in [-0.3, -0.25) is 15.0 Å². The molecule has 1 fully saturated rings. The number of oxazole rings is 1. The highest BCUT2D eigenvalue weighted by Gasteiger charge is 2.25. The fourth-order valence-corrected chi connectivity index (χ4v) is 3.20. The molecule has 7 heteroatoms. The Morgan fingerprint density at radius 3 is 2.88 bits per heavy atom. The van der Waals surface area contributed by atoms with Crippen LogP contribution in [-0.4, -0.2) is 39.1 Å². The van der Waals surface area contributed by atoms with Gasteiger partial charge in [0, 0.05) is 36.9 Å². The Morgan fingerprint density at radius 2 is 2.17 bits per heavy atom. The summed E-state index contributed by atoms with van der Waals surface area (Å²) >= 11 is 0. The molecule has 1 aliphatic rings. The lowest BCUT2D eigenvalue weighted by Crippen LogP contribution is -2.29. The van der Waals surface area contributed by atoms with Gasteiger partial charge in [-0.25, -0.2) is 4.98 Å². The number of aromatic nitrogens is 1. The summed E-state index contributed by atoms with van der Waals surface area (Å²) in [5.41, 5.74) is 1.64. The number of likely N-dealkylation sites (tertiary alicyclic amines) is 1. The molecule has 128 valence electrons. The zero-order valence-electron chi connectivity index (χ0n) is 13.4. The third-order valence-corrected chi connectivity index (χ3v) is 4.44. The molecule has 1 aromatic carbocycles. The Labute approximate surface area is 140 Å². The Hall–Kier alpha value is -2.25. The largest absolute Gasteiger partial charge is 0.444 e. The second-order valence-electron chi connectivity index (χ2n) is 6.08. The van der Waals surface area contributed by atoms with E-state index in [0.717, 1.165) is 43.6 Å². The van der Waals surface area contributed by atoms with Gasteiger partial charge in [-0.2, -0.15) is 0 Å². The van der Waals surface area contributed by atoms with Crippen LogP contribution in [0.3, 0.4) is 0 Å². The summed E-state index contributed by atoms with van der Waals surface area (Å²) in [7, 11) is 0. The number of rotatable bonds is 7. The minimum Gasteiger partial charge on any atom is -0.444 e. The topological polar surface area (TPSA) is 92.6 Å². The molecule has 0 bridgehead atoms. The molecule has 1 aliphatic heterocycles. The Balaban J connectivity index is 1.66. The molecule has 0 aliphatic carbocycles. The maximum absolute atomic E-state index is 10.7. The molecule has 1 N–H and O–H groups in total. The van der Waals surface area contributed by atoms with Crippen molar-refractivity contribution in [2.75, 3.05) is 13.2 Å². The van der Waals surface area contributed by atoms with Crippen molar-refractivity contribution in [1.29, 1.82) is 0 Å². The van der Waals surface area contributed by atoms with Crippen molar-refractivity contribution in [1.82, 2.24) is 9.88 Å². The van der Waals surface area contributed by atoms with Gasteiger partial charge in [-0.1, -0.05) is 0 Å². The number of aliphatic hydroxyl groups is 1. The first-order chi connectivity index (χ1) is 11.7. The lowest BCUT2D eigenvalue weighted by Gasteiger charge is -2.22. The van der Waals surface area contributed by atoms with Crippen LogP contribution in [0, 0.1) is 10.1 Å². The molecule has 0 amide bonds. The van der Waals surface area contributed by atoms with Gasteiger partial charge in [0.1, 0.15) is 6.26 Å². The maximum atomic E-state index is 10.7. The second-order valence-corrected chi connectivity index (χ2v) is 6.08. The molecule has 3 rings (SSSR count). The fraction of sp³-hybridized carbons (Fsp3) is 0.471. The highest BCUT2D eigenvalue weighted by molar-refractivity contribution is 5.55. The van der Waals surface area contributed by atoms with Crippen LogP contribution in [0.15, 0.2) is 34.9 Å². The van der Waals surface area contributed by atoms with Crippen LogP contribution in [0.1, 0.15) is 31.4 Å². The minimum absolute atomic E-state index is 0.0503. The van der Waals surface area contributed by atoms with Gasteiger partial charge < -0.3 is 9.52 Å². The van der Waals surface area contributed by atoms with E-state index in [4.69, 9.17) is 9.52 Å². The summed E-state index contributed by atoms with van der Waals surface area (Å²) in [4.78, 5) is 17.2. The van der Waals surface area contributed by atoms with E-state index in [1.54, 1.807) is 18.4 Å². The summed E-state index contributed by atoms with van der Waals surface area (Å²) in [6.45, 7) is 2.00. The Kier molecular flexibility index (Phi) is 5.22. The molecule has 24 heavy (non-hydrogen) atoms. The van der Waals surface area contributed by atoms with Crippen LogP contribution in [0.25, 0.3) is 11.5 Å². The molecule has 1 saturated heterocycles. The average molecular weight is 331 g/mol. The van der Waals surface area contributed by atoms with Crippen molar-refractivity contribution in [2.24, 2.45) is 0 Å². The number of hydrogen-bond donors (Lipinski definition) is 1. The van der Waals surface area contributed by atoms with Crippen LogP contribution in [0.4, 0.5) is 5.69 Å². The zero-order chi connectivity index (χ0) is 16.9. The zero-order valence-corrected chi connectivity index (χ0v) is 13.4. The predicted molar refractivity (Wildman–Crippen MR) is 88.3 cm³/mol. The van der Waals surface area contributed by atoms with Gasteiger partial charge in [0.25, 0.3) is 5.69 Å². The number of benzene rings is 1. The summed E-state index contributed by atoms with van der Waals surface area (Å²) in [6, 6.07) is 6.69. The fourth-order valence-electron chi connectivity index (χ4n) is 3.20. The number of nitro benzene ring substituents is 1. The summed E-state index contributed by atoms with van der Waals surface area (Å²) < 4.78 is 5.53. The number of aliphatic hydroxyl groups excluding tert-OH is 1. The minimum atomic E-state index is -0.426. The van der Waals surface area contributed by atoms with E-state index >= 15 is 0 Å². The Bertz CT molecular complexity index is 683. The van der Waals surface area contributed by atoms with Gasteiger partial charge in [-0.05, 0) is 44.4 Å². The SMILES string of the molecule is O=[N+]([O-])c1ccc(-c2nc(CN3CCCC3CCCO)co2)cc1. The Morgan fingerprint density at radius 1 is 1.38 bits per heavy atom. The average Bonchev–Trinajstić information content (AvgIpc) is 3.23. The third kappa shape index (κ3) is 3.80. The third-order valence-electron chi connectivity index (χ3n) is 4.44. The van der Waals surface area contributed by atoms with Crippen LogP contribution in [-0.2, 0) is 6.54 Å².